The Hall–Kier alpha value is -2.91. The summed E-state index contributed by atoms with van der Waals surface area (Å²) in [5.74, 6) is -0.00956. The van der Waals surface area contributed by atoms with Gasteiger partial charge >= 0.3 is 0 Å². The number of sulfone groups is 1. The fourth-order valence-electron chi connectivity index (χ4n) is 3.23. The lowest BCUT2D eigenvalue weighted by Crippen LogP contribution is -2.08. The molecule has 0 saturated carbocycles. The molecule has 0 N–H and O–H groups in total. The highest BCUT2D eigenvalue weighted by atomic mass is 32.2. The Morgan fingerprint density at radius 2 is 1.35 bits per heavy atom. The van der Waals surface area contributed by atoms with Crippen LogP contribution in [0, 0.1) is 0 Å². The molecule has 4 rings (SSSR count). The van der Waals surface area contributed by atoms with Gasteiger partial charge in [0.05, 0.1) is 10.6 Å². The summed E-state index contributed by atoms with van der Waals surface area (Å²) in [6.45, 7) is 0. The zero-order valence-corrected chi connectivity index (χ0v) is 15.0. The molecule has 3 heteroatoms. The molecular formula is C23H18O2S. The molecule has 2 nitrogen and oxygen atoms in total. The van der Waals surface area contributed by atoms with E-state index in [4.69, 9.17) is 0 Å². The highest BCUT2D eigenvalue weighted by Gasteiger charge is 2.24. The number of hydrogen-bond donors (Lipinski definition) is 0. The Kier molecular flexibility index (Phi) is 4.31. The molecule has 0 heterocycles. The Morgan fingerprint density at radius 3 is 2.08 bits per heavy atom. The van der Waals surface area contributed by atoms with Gasteiger partial charge in [0.15, 0.2) is 9.84 Å². The zero-order valence-electron chi connectivity index (χ0n) is 14.2. The third-order valence-electron chi connectivity index (χ3n) is 4.49. The van der Waals surface area contributed by atoms with Crippen LogP contribution in [0.15, 0.2) is 95.4 Å². The van der Waals surface area contributed by atoms with Crippen molar-refractivity contribution < 1.29 is 8.42 Å². The Labute approximate surface area is 154 Å². The van der Waals surface area contributed by atoms with Crippen LogP contribution in [-0.4, -0.2) is 14.2 Å². The van der Waals surface area contributed by atoms with Gasteiger partial charge in [-0.1, -0.05) is 72.8 Å². The van der Waals surface area contributed by atoms with Crippen molar-refractivity contribution >= 4 is 27.6 Å². The van der Waals surface area contributed by atoms with Gasteiger partial charge in [-0.25, -0.2) is 8.42 Å². The van der Waals surface area contributed by atoms with Gasteiger partial charge in [-0.3, -0.25) is 0 Å². The van der Waals surface area contributed by atoms with E-state index in [1.54, 1.807) is 24.3 Å². The van der Waals surface area contributed by atoms with Crippen molar-refractivity contribution in [1.82, 2.24) is 0 Å². The molecule has 1 aliphatic carbocycles. The first kappa shape index (κ1) is 16.6. The Balaban J connectivity index is 1.76. The van der Waals surface area contributed by atoms with Crippen LogP contribution in [0.3, 0.4) is 0 Å². The van der Waals surface area contributed by atoms with Crippen LogP contribution >= 0.6 is 0 Å². The van der Waals surface area contributed by atoms with Gasteiger partial charge < -0.3 is 0 Å². The first-order valence-electron chi connectivity index (χ1n) is 8.48. The third kappa shape index (κ3) is 3.26. The lowest BCUT2D eigenvalue weighted by Gasteiger charge is -2.09. The molecule has 0 aromatic heterocycles. The molecule has 0 unspecified atom stereocenters. The van der Waals surface area contributed by atoms with E-state index in [0.29, 0.717) is 4.90 Å². The van der Waals surface area contributed by atoms with Gasteiger partial charge in [-0.05, 0) is 52.1 Å². The topological polar surface area (TPSA) is 34.1 Å². The average Bonchev–Trinajstić information content (AvgIpc) is 3.00. The summed E-state index contributed by atoms with van der Waals surface area (Å²) in [5.41, 5.74) is 5.01. The standard InChI is InChI=1S/C23H18O2S/c24-26(25,21-12-5-2-6-13-21)17-20-16-19-11-7-8-14-22(19)23(20)15-18-9-3-1-4-10-18/h1-16H,17H2/b23-15+. The largest absolute Gasteiger partial charge is 0.223 e. The molecule has 26 heavy (non-hydrogen) atoms. The maximum atomic E-state index is 12.9. The van der Waals surface area contributed by atoms with Gasteiger partial charge in [-0.15, -0.1) is 0 Å². The highest BCUT2D eigenvalue weighted by Crippen LogP contribution is 2.38. The lowest BCUT2D eigenvalue weighted by atomic mass is 10.0. The van der Waals surface area contributed by atoms with Crippen LogP contribution < -0.4 is 0 Å². The van der Waals surface area contributed by atoms with Crippen LogP contribution in [-0.2, 0) is 9.84 Å². The minimum Gasteiger partial charge on any atom is -0.223 e. The van der Waals surface area contributed by atoms with E-state index < -0.39 is 9.84 Å². The van der Waals surface area contributed by atoms with Gasteiger partial charge in [0.25, 0.3) is 0 Å². The molecule has 0 atom stereocenters. The molecule has 0 fully saturated rings. The number of rotatable bonds is 4. The van der Waals surface area contributed by atoms with Crippen LogP contribution in [0.4, 0.5) is 0 Å². The molecule has 0 radical (unpaired) electrons. The van der Waals surface area contributed by atoms with E-state index in [1.807, 2.05) is 66.7 Å². The van der Waals surface area contributed by atoms with Crippen molar-refractivity contribution in [2.45, 2.75) is 4.90 Å². The summed E-state index contributed by atoms with van der Waals surface area (Å²) in [6, 6.07) is 26.7. The average molecular weight is 358 g/mol. The zero-order chi connectivity index (χ0) is 18.0. The smallest absolute Gasteiger partial charge is 0.182 e. The molecule has 3 aromatic rings. The molecule has 128 valence electrons. The highest BCUT2D eigenvalue weighted by molar-refractivity contribution is 7.91. The first-order valence-corrected chi connectivity index (χ1v) is 10.1. The first-order chi connectivity index (χ1) is 12.6. The van der Waals surface area contributed by atoms with Gasteiger partial charge in [0, 0.05) is 0 Å². The molecule has 1 aliphatic rings. The van der Waals surface area contributed by atoms with Crippen molar-refractivity contribution in [3.05, 3.63) is 107 Å². The van der Waals surface area contributed by atoms with Crippen molar-refractivity contribution in [1.29, 1.82) is 0 Å². The Morgan fingerprint density at radius 1 is 0.731 bits per heavy atom. The summed E-state index contributed by atoms with van der Waals surface area (Å²) in [7, 11) is -3.40. The van der Waals surface area contributed by atoms with Gasteiger partial charge in [0.2, 0.25) is 0 Å². The fraction of sp³-hybridized carbons (Fsp3) is 0.0435. The lowest BCUT2D eigenvalue weighted by molar-refractivity contribution is 0.598. The molecule has 0 amide bonds. The number of fused-ring (bicyclic) bond motifs is 1. The second-order valence-electron chi connectivity index (χ2n) is 6.30. The molecule has 0 saturated heterocycles. The number of allylic oxidation sites excluding steroid dienone is 1. The summed E-state index contributed by atoms with van der Waals surface area (Å²) in [4.78, 5) is 0.357. The van der Waals surface area contributed by atoms with Crippen molar-refractivity contribution in [3.63, 3.8) is 0 Å². The fourth-order valence-corrected chi connectivity index (χ4v) is 4.62. The predicted molar refractivity (Wildman–Crippen MR) is 107 cm³/mol. The number of hydrogen-bond acceptors (Lipinski definition) is 2. The minimum atomic E-state index is -3.40. The molecule has 3 aromatic carbocycles. The maximum absolute atomic E-state index is 12.9. The van der Waals surface area contributed by atoms with Crippen LogP contribution in [0.5, 0.6) is 0 Å². The molecule has 0 bridgehead atoms. The normalized spacial score (nSPS) is 14.9. The second kappa shape index (κ2) is 6.77. The van der Waals surface area contributed by atoms with E-state index in [-0.39, 0.29) is 5.75 Å². The summed E-state index contributed by atoms with van der Waals surface area (Å²) in [5, 5.41) is 0. The third-order valence-corrected chi connectivity index (χ3v) is 6.17. The van der Waals surface area contributed by atoms with E-state index in [0.717, 1.165) is 27.8 Å². The van der Waals surface area contributed by atoms with Gasteiger partial charge in [-0.2, -0.15) is 0 Å². The second-order valence-corrected chi connectivity index (χ2v) is 8.29. The summed E-state index contributed by atoms with van der Waals surface area (Å²) in [6.07, 6.45) is 4.06. The maximum Gasteiger partial charge on any atom is 0.182 e. The minimum absolute atomic E-state index is 0.00956. The summed E-state index contributed by atoms with van der Waals surface area (Å²) < 4.78 is 25.7. The Bertz CT molecular complexity index is 1090. The van der Waals surface area contributed by atoms with Crippen LogP contribution in [0.2, 0.25) is 0 Å². The quantitative estimate of drug-likeness (QED) is 0.650. The van der Waals surface area contributed by atoms with E-state index in [9.17, 15) is 8.42 Å². The predicted octanol–water partition coefficient (Wildman–Crippen LogP) is 5.10. The van der Waals surface area contributed by atoms with E-state index in [2.05, 4.69) is 6.08 Å². The van der Waals surface area contributed by atoms with Crippen molar-refractivity contribution in [2.75, 3.05) is 5.75 Å². The summed E-state index contributed by atoms with van der Waals surface area (Å²) >= 11 is 0. The molecular weight excluding hydrogens is 340 g/mol. The molecule has 0 aliphatic heterocycles. The van der Waals surface area contributed by atoms with Crippen molar-refractivity contribution in [3.8, 4) is 0 Å². The molecule has 0 spiro atoms. The van der Waals surface area contributed by atoms with Crippen molar-refractivity contribution in [2.24, 2.45) is 0 Å². The number of benzene rings is 3. The van der Waals surface area contributed by atoms with Crippen LogP contribution in [0.25, 0.3) is 17.7 Å². The monoisotopic (exact) mass is 358 g/mol. The van der Waals surface area contributed by atoms with E-state index in [1.165, 1.54) is 0 Å². The SMILES string of the molecule is O=S(=O)(CC1=Cc2ccccc2/C1=C/c1ccccc1)c1ccccc1. The van der Waals surface area contributed by atoms with Crippen LogP contribution in [0.1, 0.15) is 16.7 Å². The van der Waals surface area contributed by atoms with Gasteiger partial charge in [0.1, 0.15) is 0 Å². The van der Waals surface area contributed by atoms with E-state index >= 15 is 0 Å².